The van der Waals surface area contributed by atoms with E-state index in [4.69, 9.17) is 0 Å². The Bertz CT molecular complexity index is 465. The monoisotopic (exact) mass is 263 g/mol. The summed E-state index contributed by atoms with van der Waals surface area (Å²) in [6, 6.07) is 4.05. The van der Waals surface area contributed by atoms with Crippen molar-refractivity contribution in [3.8, 4) is 0 Å². The molecule has 1 aromatic heterocycles. The lowest BCUT2D eigenvalue weighted by Crippen LogP contribution is -2.50. The highest BCUT2D eigenvalue weighted by molar-refractivity contribution is 5.77. The molecule has 1 aromatic rings. The van der Waals surface area contributed by atoms with E-state index in [1.807, 2.05) is 35.4 Å². The number of carbonyl (C=O) groups excluding carboxylic acids is 2. The van der Waals surface area contributed by atoms with Gasteiger partial charge in [0.2, 0.25) is 11.8 Å². The van der Waals surface area contributed by atoms with Gasteiger partial charge in [-0.05, 0) is 26.0 Å². The van der Waals surface area contributed by atoms with Gasteiger partial charge < -0.3 is 14.4 Å². The van der Waals surface area contributed by atoms with Crippen molar-refractivity contribution in [1.82, 2.24) is 14.4 Å². The number of carbonyl (C=O) groups is 2. The number of amides is 2. The van der Waals surface area contributed by atoms with Crippen LogP contribution in [0.2, 0.25) is 0 Å². The van der Waals surface area contributed by atoms with Crippen molar-refractivity contribution < 1.29 is 9.59 Å². The van der Waals surface area contributed by atoms with Crippen LogP contribution in [0, 0.1) is 13.8 Å². The van der Waals surface area contributed by atoms with Gasteiger partial charge in [-0.15, -0.1) is 0 Å². The van der Waals surface area contributed by atoms with Gasteiger partial charge in [-0.2, -0.15) is 0 Å². The average molecular weight is 263 g/mol. The van der Waals surface area contributed by atoms with Crippen LogP contribution in [-0.2, 0) is 16.1 Å². The minimum atomic E-state index is 0.0872. The predicted molar refractivity (Wildman–Crippen MR) is 72.7 cm³/mol. The molecule has 0 bridgehead atoms. The first kappa shape index (κ1) is 13.6. The Hall–Kier alpha value is -1.78. The van der Waals surface area contributed by atoms with Crippen LogP contribution in [0.5, 0.6) is 0 Å². The van der Waals surface area contributed by atoms with Crippen LogP contribution in [0.3, 0.4) is 0 Å². The topological polar surface area (TPSA) is 45.6 Å². The van der Waals surface area contributed by atoms with E-state index in [0.717, 1.165) is 11.4 Å². The Labute approximate surface area is 113 Å². The van der Waals surface area contributed by atoms with Gasteiger partial charge in [0, 0.05) is 44.5 Å². The van der Waals surface area contributed by atoms with Gasteiger partial charge in [0.05, 0.1) is 0 Å². The first-order chi connectivity index (χ1) is 8.99. The average Bonchev–Trinajstić information content (AvgIpc) is 2.70. The normalized spacial score (nSPS) is 15.7. The van der Waals surface area contributed by atoms with E-state index in [9.17, 15) is 9.59 Å². The summed E-state index contributed by atoms with van der Waals surface area (Å²) in [6.07, 6.45) is 0. The Morgan fingerprint density at radius 1 is 1.00 bits per heavy atom. The van der Waals surface area contributed by atoms with Gasteiger partial charge in [0.1, 0.15) is 6.54 Å². The number of aryl methyl sites for hydroxylation is 2. The lowest BCUT2D eigenvalue weighted by molar-refractivity contribution is -0.138. The summed E-state index contributed by atoms with van der Waals surface area (Å²) in [7, 11) is 0. The van der Waals surface area contributed by atoms with E-state index < -0.39 is 0 Å². The van der Waals surface area contributed by atoms with Crippen LogP contribution in [0.4, 0.5) is 0 Å². The van der Waals surface area contributed by atoms with Gasteiger partial charge in [-0.1, -0.05) is 0 Å². The van der Waals surface area contributed by atoms with Gasteiger partial charge >= 0.3 is 0 Å². The summed E-state index contributed by atoms with van der Waals surface area (Å²) in [6.45, 7) is 8.54. The van der Waals surface area contributed by atoms with E-state index in [-0.39, 0.29) is 11.8 Å². The minimum Gasteiger partial charge on any atom is -0.340 e. The van der Waals surface area contributed by atoms with Crippen LogP contribution < -0.4 is 0 Å². The van der Waals surface area contributed by atoms with Gasteiger partial charge in [-0.3, -0.25) is 9.59 Å². The molecule has 0 radical (unpaired) electrons. The molecule has 1 saturated heterocycles. The number of rotatable bonds is 2. The van der Waals surface area contributed by atoms with Gasteiger partial charge in [-0.25, -0.2) is 0 Å². The molecular weight excluding hydrogens is 242 g/mol. The first-order valence-corrected chi connectivity index (χ1v) is 6.65. The SMILES string of the molecule is CC(=O)N1CCN(C(=O)Cn2c(C)ccc2C)CC1. The molecule has 0 unspecified atom stereocenters. The van der Waals surface area contributed by atoms with E-state index >= 15 is 0 Å². The number of aromatic nitrogens is 1. The molecule has 1 aliphatic rings. The fourth-order valence-electron chi connectivity index (χ4n) is 2.45. The molecule has 5 heteroatoms. The Morgan fingerprint density at radius 3 is 1.95 bits per heavy atom. The molecule has 0 saturated carbocycles. The fraction of sp³-hybridized carbons (Fsp3) is 0.571. The quantitative estimate of drug-likeness (QED) is 0.792. The third-order valence-electron chi connectivity index (χ3n) is 3.79. The zero-order valence-corrected chi connectivity index (χ0v) is 11.8. The molecular formula is C14H21N3O2. The Balaban J connectivity index is 1.93. The smallest absolute Gasteiger partial charge is 0.242 e. The lowest BCUT2D eigenvalue weighted by atomic mass is 10.3. The number of piperazine rings is 1. The number of nitrogens with zero attached hydrogens (tertiary/aromatic N) is 3. The summed E-state index contributed by atoms with van der Waals surface area (Å²) in [5, 5.41) is 0. The molecule has 19 heavy (non-hydrogen) atoms. The molecule has 1 fully saturated rings. The molecule has 0 aliphatic carbocycles. The van der Waals surface area contributed by atoms with Crippen LogP contribution >= 0.6 is 0 Å². The maximum absolute atomic E-state index is 12.2. The van der Waals surface area contributed by atoms with Crippen molar-refractivity contribution in [2.75, 3.05) is 26.2 Å². The zero-order chi connectivity index (χ0) is 14.0. The summed E-state index contributed by atoms with van der Waals surface area (Å²) in [4.78, 5) is 27.1. The molecule has 2 rings (SSSR count). The van der Waals surface area contributed by atoms with E-state index in [1.54, 1.807) is 11.8 Å². The molecule has 104 valence electrons. The molecule has 0 N–H and O–H groups in total. The first-order valence-electron chi connectivity index (χ1n) is 6.65. The number of hydrogen-bond acceptors (Lipinski definition) is 2. The molecule has 0 atom stereocenters. The van der Waals surface area contributed by atoms with Gasteiger partial charge in [0.15, 0.2) is 0 Å². The van der Waals surface area contributed by atoms with Gasteiger partial charge in [0.25, 0.3) is 0 Å². The highest BCUT2D eigenvalue weighted by Gasteiger charge is 2.22. The maximum Gasteiger partial charge on any atom is 0.242 e. The second-order valence-corrected chi connectivity index (χ2v) is 5.09. The van der Waals surface area contributed by atoms with Crippen molar-refractivity contribution >= 4 is 11.8 Å². The third kappa shape index (κ3) is 2.97. The molecule has 5 nitrogen and oxygen atoms in total. The summed E-state index contributed by atoms with van der Waals surface area (Å²) in [5.41, 5.74) is 2.21. The summed E-state index contributed by atoms with van der Waals surface area (Å²) < 4.78 is 2.03. The summed E-state index contributed by atoms with van der Waals surface area (Å²) in [5.74, 6) is 0.217. The Kier molecular flexibility index (Phi) is 3.93. The summed E-state index contributed by atoms with van der Waals surface area (Å²) >= 11 is 0. The Morgan fingerprint density at radius 2 is 1.47 bits per heavy atom. The van der Waals surface area contributed by atoms with Crippen molar-refractivity contribution in [3.63, 3.8) is 0 Å². The van der Waals surface area contributed by atoms with Crippen LogP contribution in [0.25, 0.3) is 0 Å². The molecule has 0 aromatic carbocycles. The highest BCUT2D eigenvalue weighted by atomic mass is 16.2. The van der Waals surface area contributed by atoms with Crippen LogP contribution in [0.15, 0.2) is 12.1 Å². The fourth-order valence-corrected chi connectivity index (χ4v) is 2.45. The standard InChI is InChI=1S/C14H21N3O2/c1-11-4-5-12(2)17(11)10-14(19)16-8-6-15(7-9-16)13(3)18/h4-5H,6-10H2,1-3H3. The van der Waals surface area contributed by atoms with Crippen molar-refractivity contribution in [2.45, 2.75) is 27.3 Å². The van der Waals surface area contributed by atoms with Crippen LogP contribution in [-0.4, -0.2) is 52.4 Å². The van der Waals surface area contributed by atoms with E-state index in [2.05, 4.69) is 0 Å². The van der Waals surface area contributed by atoms with Crippen molar-refractivity contribution in [2.24, 2.45) is 0 Å². The highest BCUT2D eigenvalue weighted by Crippen LogP contribution is 2.09. The van der Waals surface area contributed by atoms with Crippen molar-refractivity contribution in [3.05, 3.63) is 23.5 Å². The molecule has 0 spiro atoms. The second-order valence-electron chi connectivity index (χ2n) is 5.09. The lowest BCUT2D eigenvalue weighted by Gasteiger charge is -2.34. The third-order valence-corrected chi connectivity index (χ3v) is 3.79. The van der Waals surface area contributed by atoms with Crippen molar-refractivity contribution in [1.29, 1.82) is 0 Å². The number of hydrogen-bond donors (Lipinski definition) is 0. The minimum absolute atomic E-state index is 0.0872. The zero-order valence-electron chi connectivity index (χ0n) is 11.8. The van der Waals surface area contributed by atoms with E-state index in [1.165, 1.54) is 0 Å². The maximum atomic E-state index is 12.2. The molecule has 1 aliphatic heterocycles. The molecule has 2 amide bonds. The van der Waals surface area contributed by atoms with Crippen LogP contribution in [0.1, 0.15) is 18.3 Å². The molecule has 2 heterocycles. The largest absolute Gasteiger partial charge is 0.340 e. The van der Waals surface area contributed by atoms with E-state index in [0.29, 0.717) is 32.7 Å². The second kappa shape index (κ2) is 5.47. The predicted octanol–water partition coefficient (Wildman–Crippen LogP) is 0.796.